The molecule has 0 saturated carbocycles. The van der Waals surface area contributed by atoms with Gasteiger partial charge in [-0.1, -0.05) is 25.4 Å². The number of nitrogens with one attached hydrogen (secondary N) is 1. The van der Waals surface area contributed by atoms with Crippen LogP contribution in [0.5, 0.6) is 5.75 Å². The summed E-state index contributed by atoms with van der Waals surface area (Å²) >= 11 is 9.08. The van der Waals surface area contributed by atoms with Gasteiger partial charge in [0, 0.05) is 30.3 Å². The Bertz CT molecular complexity index is 970. The zero-order valence-electron chi connectivity index (χ0n) is 16.2. The highest BCUT2D eigenvalue weighted by Gasteiger charge is 2.31. The first-order valence-electron chi connectivity index (χ1n) is 9.18. The predicted molar refractivity (Wildman–Crippen MR) is 120 cm³/mol. The van der Waals surface area contributed by atoms with Crippen molar-refractivity contribution in [3.05, 3.63) is 39.5 Å². The molecule has 2 aromatic rings. The average Bonchev–Trinajstić information content (AvgIpc) is 3.19. The molecule has 1 aromatic carbocycles. The van der Waals surface area contributed by atoms with Gasteiger partial charge in [0.2, 0.25) is 10.0 Å². The molecule has 1 aromatic heterocycles. The number of ether oxygens (including phenoxy) is 1. The van der Waals surface area contributed by atoms with Gasteiger partial charge in [-0.25, -0.2) is 8.42 Å². The van der Waals surface area contributed by atoms with E-state index in [2.05, 4.69) is 5.32 Å². The summed E-state index contributed by atoms with van der Waals surface area (Å²) in [6.07, 6.45) is 0. The van der Waals surface area contributed by atoms with Gasteiger partial charge in [-0.3, -0.25) is 4.79 Å². The number of sulfonamides is 1. The van der Waals surface area contributed by atoms with E-state index in [-0.39, 0.29) is 9.77 Å². The first-order chi connectivity index (χ1) is 13.8. The Kier molecular flexibility index (Phi) is 7.50. The summed E-state index contributed by atoms with van der Waals surface area (Å²) < 4.78 is 33.0. The van der Waals surface area contributed by atoms with Crippen LogP contribution >= 0.6 is 34.7 Å². The maximum Gasteiger partial charge on any atom is 0.267 e. The Hall–Kier alpha value is -1.26. The van der Waals surface area contributed by atoms with E-state index in [1.165, 1.54) is 10.4 Å². The van der Waals surface area contributed by atoms with E-state index in [9.17, 15) is 13.2 Å². The molecule has 0 spiro atoms. The van der Waals surface area contributed by atoms with Gasteiger partial charge in [-0.15, -0.1) is 11.3 Å². The van der Waals surface area contributed by atoms with E-state index in [0.717, 1.165) is 22.8 Å². The van der Waals surface area contributed by atoms with Crippen molar-refractivity contribution in [3.63, 3.8) is 0 Å². The highest BCUT2D eigenvalue weighted by Crippen LogP contribution is 2.30. The van der Waals surface area contributed by atoms with Crippen LogP contribution in [0.2, 0.25) is 5.02 Å². The summed E-state index contributed by atoms with van der Waals surface area (Å²) in [5.74, 6) is 1.95. The fourth-order valence-corrected chi connectivity index (χ4v) is 6.84. The number of rotatable bonds is 7. The molecule has 10 heteroatoms. The molecule has 0 atom stereocenters. The fraction of sp³-hybridized carbons (Fsp3) is 0.421. The van der Waals surface area contributed by atoms with E-state index < -0.39 is 15.9 Å². The highest BCUT2D eigenvalue weighted by molar-refractivity contribution is 7.99. The zero-order valence-corrected chi connectivity index (χ0v) is 19.4. The Balaban J connectivity index is 1.75. The molecular formula is C19H23ClN2O4S3. The number of halogens is 1. The van der Waals surface area contributed by atoms with Gasteiger partial charge in [0.25, 0.3) is 5.91 Å². The van der Waals surface area contributed by atoms with Crippen molar-refractivity contribution in [1.82, 2.24) is 4.31 Å². The van der Waals surface area contributed by atoms with Gasteiger partial charge in [0.15, 0.2) is 0 Å². The molecule has 2 heterocycles. The minimum absolute atomic E-state index is 0.0508. The number of anilines is 1. The van der Waals surface area contributed by atoms with Gasteiger partial charge in [0.05, 0.1) is 11.6 Å². The van der Waals surface area contributed by atoms with Crippen LogP contribution in [0.4, 0.5) is 5.69 Å². The lowest BCUT2D eigenvalue weighted by atomic mass is 10.2. The SMILES string of the molecule is CC(C)COc1ccc(NC(=O)c2sccc2S(=O)(=O)N2CCSCC2)cc1Cl. The second-order valence-electron chi connectivity index (χ2n) is 6.93. The molecule has 0 unspecified atom stereocenters. The molecule has 1 aliphatic rings. The lowest BCUT2D eigenvalue weighted by molar-refractivity contribution is 0.102. The van der Waals surface area contributed by atoms with Gasteiger partial charge in [-0.2, -0.15) is 16.1 Å². The largest absolute Gasteiger partial charge is 0.492 e. The van der Waals surface area contributed by atoms with Crippen molar-refractivity contribution in [2.24, 2.45) is 5.92 Å². The third kappa shape index (κ3) is 5.46. The molecular weight excluding hydrogens is 452 g/mol. The Morgan fingerprint density at radius 2 is 2.00 bits per heavy atom. The van der Waals surface area contributed by atoms with E-state index >= 15 is 0 Å². The van der Waals surface area contributed by atoms with Crippen LogP contribution in [-0.2, 0) is 10.0 Å². The number of carbonyl (C=O) groups is 1. The summed E-state index contributed by atoms with van der Waals surface area (Å²) in [4.78, 5) is 13.0. The minimum Gasteiger partial charge on any atom is -0.492 e. The standard InChI is InChI=1S/C19H23ClN2O4S3/c1-13(2)12-26-16-4-3-14(11-15(16)20)21-19(23)18-17(5-8-28-18)29(24,25)22-6-9-27-10-7-22/h3-5,8,11,13H,6-7,9-10,12H2,1-2H3,(H,21,23). The van der Waals surface area contributed by atoms with Gasteiger partial charge < -0.3 is 10.1 Å². The number of thioether (sulfide) groups is 1. The van der Waals surface area contributed by atoms with Crippen molar-refractivity contribution in [1.29, 1.82) is 0 Å². The maximum absolute atomic E-state index is 13.0. The quantitative estimate of drug-likeness (QED) is 0.642. The number of nitrogens with zero attached hydrogens (tertiary/aromatic N) is 1. The van der Waals surface area contributed by atoms with Crippen molar-refractivity contribution < 1.29 is 17.9 Å². The number of thiophene rings is 1. The molecule has 1 aliphatic heterocycles. The van der Waals surface area contributed by atoms with Crippen molar-refractivity contribution in [3.8, 4) is 5.75 Å². The monoisotopic (exact) mass is 474 g/mol. The highest BCUT2D eigenvalue weighted by atomic mass is 35.5. The average molecular weight is 475 g/mol. The Morgan fingerprint density at radius 3 is 2.66 bits per heavy atom. The molecule has 1 N–H and O–H groups in total. The second kappa shape index (κ2) is 9.70. The maximum atomic E-state index is 13.0. The third-order valence-corrected chi connectivity index (χ3v) is 8.41. The van der Waals surface area contributed by atoms with Crippen LogP contribution in [0.3, 0.4) is 0 Å². The topological polar surface area (TPSA) is 75.7 Å². The molecule has 3 rings (SSSR count). The Morgan fingerprint density at radius 1 is 1.28 bits per heavy atom. The van der Waals surface area contributed by atoms with Crippen molar-refractivity contribution in [2.75, 3.05) is 36.5 Å². The zero-order chi connectivity index (χ0) is 21.0. The van der Waals surface area contributed by atoms with Crippen LogP contribution in [0.1, 0.15) is 23.5 Å². The van der Waals surface area contributed by atoms with Gasteiger partial charge in [-0.05, 0) is 35.6 Å². The van der Waals surface area contributed by atoms with E-state index in [0.29, 0.717) is 42.1 Å². The van der Waals surface area contributed by atoms with Crippen LogP contribution in [-0.4, -0.2) is 49.8 Å². The first-order valence-corrected chi connectivity index (χ1v) is 13.0. The number of hydrogen-bond acceptors (Lipinski definition) is 6. The van der Waals surface area contributed by atoms with E-state index in [1.54, 1.807) is 35.3 Å². The third-order valence-electron chi connectivity index (χ3n) is 4.19. The molecule has 1 amide bonds. The van der Waals surface area contributed by atoms with Crippen molar-refractivity contribution in [2.45, 2.75) is 18.7 Å². The lowest BCUT2D eigenvalue weighted by Crippen LogP contribution is -2.38. The summed E-state index contributed by atoms with van der Waals surface area (Å²) in [7, 11) is -3.69. The summed E-state index contributed by atoms with van der Waals surface area (Å²) in [6.45, 7) is 5.53. The van der Waals surface area contributed by atoms with E-state index in [1.807, 2.05) is 13.8 Å². The number of carbonyl (C=O) groups excluding carboxylic acids is 1. The summed E-state index contributed by atoms with van der Waals surface area (Å²) in [5, 5.41) is 4.74. The molecule has 6 nitrogen and oxygen atoms in total. The molecule has 0 radical (unpaired) electrons. The second-order valence-corrected chi connectivity index (χ2v) is 11.4. The fourth-order valence-electron chi connectivity index (χ4n) is 2.73. The number of amides is 1. The predicted octanol–water partition coefficient (Wildman–Crippen LogP) is 4.43. The van der Waals surface area contributed by atoms with E-state index in [4.69, 9.17) is 16.3 Å². The van der Waals surface area contributed by atoms with Gasteiger partial charge in [0.1, 0.15) is 15.5 Å². The smallest absolute Gasteiger partial charge is 0.267 e. The molecule has 0 bridgehead atoms. The number of benzene rings is 1. The molecule has 1 fully saturated rings. The summed E-state index contributed by atoms with van der Waals surface area (Å²) in [6, 6.07) is 6.46. The molecule has 158 valence electrons. The molecule has 29 heavy (non-hydrogen) atoms. The van der Waals surface area contributed by atoms with Gasteiger partial charge >= 0.3 is 0 Å². The normalized spacial score (nSPS) is 15.4. The lowest BCUT2D eigenvalue weighted by Gasteiger charge is -2.25. The van der Waals surface area contributed by atoms with Crippen LogP contribution in [0, 0.1) is 5.92 Å². The van der Waals surface area contributed by atoms with Crippen LogP contribution in [0.25, 0.3) is 0 Å². The van der Waals surface area contributed by atoms with Crippen LogP contribution in [0.15, 0.2) is 34.5 Å². The first kappa shape index (κ1) is 22.4. The van der Waals surface area contributed by atoms with Crippen molar-refractivity contribution >= 4 is 56.3 Å². The minimum atomic E-state index is -3.69. The number of hydrogen-bond donors (Lipinski definition) is 1. The molecule has 1 saturated heterocycles. The molecule has 0 aliphatic carbocycles. The van der Waals surface area contributed by atoms with Crippen LogP contribution < -0.4 is 10.1 Å². The Labute approximate surface area is 184 Å². The summed E-state index contributed by atoms with van der Waals surface area (Å²) in [5.41, 5.74) is 0.475.